The van der Waals surface area contributed by atoms with Crippen molar-refractivity contribution in [2.45, 2.75) is 6.10 Å². The van der Waals surface area contributed by atoms with Crippen molar-refractivity contribution in [1.29, 1.82) is 0 Å². The highest BCUT2D eigenvalue weighted by Crippen LogP contribution is 2.18. The number of anilines is 1. The Morgan fingerprint density at radius 1 is 1.25 bits per heavy atom. The van der Waals surface area contributed by atoms with E-state index in [1.54, 1.807) is 12.4 Å². The highest BCUT2D eigenvalue weighted by atomic mass is 16.3. The zero-order valence-electron chi connectivity index (χ0n) is 8.67. The molecule has 84 valence electrons. The Balaban J connectivity index is 2.23. The Morgan fingerprint density at radius 3 is 2.88 bits per heavy atom. The molecule has 1 unspecified atom stereocenters. The van der Waals surface area contributed by atoms with E-state index in [2.05, 4.69) is 15.3 Å². The molecule has 5 heteroatoms. The quantitative estimate of drug-likeness (QED) is 0.693. The van der Waals surface area contributed by atoms with Crippen LogP contribution in [0.2, 0.25) is 0 Å². The van der Waals surface area contributed by atoms with Crippen LogP contribution in [-0.4, -0.2) is 39.4 Å². The third kappa shape index (κ3) is 2.26. The minimum absolute atomic E-state index is 0.260. The molecular weight excluding hydrogens is 206 g/mol. The van der Waals surface area contributed by atoms with Crippen LogP contribution >= 0.6 is 0 Å². The average molecular weight is 219 g/mol. The summed E-state index contributed by atoms with van der Waals surface area (Å²) >= 11 is 0. The predicted octanol–water partition coefficient (Wildman–Crippen LogP) is 0.395. The molecule has 1 atom stereocenters. The smallest absolute Gasteiger partial charge is 0.112 e. The molecule has 2 aromatic rings. The van der Waals surface area contributed by atoms with Gasteiger partial charge in [-0.25, -0.2) is 0 Å². The normalized spacial score (nSPS) is 12.6. The van der Waals surface area contributed by atoms with Gasteiger partial charge in [-0.15, -0.1) is 0 Å². The first-order valence-electron chi connectivity index (χ1n) is 5.04. The molecule has 0 saturated carbocycles. The van der Waals surface area contributed by atoms with E-state index >= 15 is 0 Å². The molecule has 0 bridgehead atoms. The van der Waals surface area contributed by atoms with Crippen molar-refractivity contribution in [2.75, 3.05) is 18.5 Å². The number of aliphatic hydroxyl groups is 2. The van der Waals surface area contributed by atoms with E-state index in [-0.39, 0.29) is 13.2 Å². The Morgan fingerprint density at radius 2 is 2.06 bits per heavy atom. The number of nitrogens with zero attached hydrogens (tertiary/aromatic N) is 2. The lowest BCUT2D eigenvalue weighted by atomic mass is 10.2. The standard InChI is InChI=1S/C11H13N3O2/c15-7-8(16)6-14-10-3-1-2-9-11(10)13-5-4-12-9/h1-5,8,14-16H,6-7H2. The summed E-state index contributed by atoms with van der Waals surface area (Å²) in [5.41, 5.74) is 2.36. The van der Waals surface area contributed by atoms with Gasteiger partial charge in [0.05, 0.1) is 23.9 Å². The van der Waals surface area contributed by atoms with Gasteiger partial charge in [-0.05, 0) is 12.1 Å². The lowest BCUT2D eigenvalue weighted by Gasteiger charge is -2.11. The number of hydrogen-bond donors (Lipinski definition) is 3. The zero-order chi connectivity index (χ0) is 11.4. The van der Waals surface area contributed by atoms with E-state index in [1.807, 2.05) is 18.2 Å². The number of fused-ring (bicyclic) bond motifs is 1. The number of benzene rings is 1. The van der Waals surface area contributed by atoms with Gasteiger partial charge in [-0.3, -0.25) is 9.97 Å². The van der Waals surface area contributed by atoms with Crippen LogP contribution in [0.1, 0.15) is 0 Å². The first-order chi connectivity index (χ1) is 7.81. The third-order valence-electron chi connectivity index (χ3n) is 2.24. The molecule has 0 spiro atoms. The summed E-state index contributed by atoms with van der Waals surface area (Å²) in [5, 5.41) is 21.0. The van der Waals surface area contributed by atoms with Gasteiger partial charge in [-0.2, -0.15) is 0 Å². The van der Waals surface area contributed by atoms with Crippen molar-refractivity contribution < 1.29 is 10.2 Å². The molecule has 0 saturated heterocycles. The molecule has 5 nitrogen and oxygen atoms in total. The topological polar surface area (TPSA) is 78.3 Å². The van der Waals surface area contributed by atoms with E-state index in [0.717, 1.165) is 16.7 Å². The summed E-state index contributed by atoms with van der Waals surface area (Å²) in [4.78, 5) is 8.39. The molecule has 2 rings (SSSR count). The van der Waals surface area contributed by atoms with Gasteiger partial charge in [0.25, 0.3) is 0 Å². The second-order valence-corrected chi connectivity index (χ2v) is 3.45. The molecule has 16 heavy (non-hydrogen) atoms. The fourth-order valence-corrected chi connectivity index (χ4v) is 1.43. The van der Waals surface area contributed by atoms with E-state index in [4.69, 9.17) is 5.11 Å². The molecule has 0 aliphatic heterocycles. The summed E-state index contributed by atoms with van der Waals surface area (Å²) in [6.45, 7) is 0.0234. The fourth-order valence-electron chi connectivity index (χ4n) is 1.43. The first kappa shape index (κ1) is 10.8. The van der Waals surface area contributed by atoms with Crippen LogP contribution < -0.4 is 5.32 Å². The van der Waals surface area contributed by atoms with Gasteiger partial charge < -0.3 is 15.5 Å². The maximum Gasteiger partial charge on any atom is 0.112 e. The van der Waals surface area contributed by atoms with Crippen LogP contribution in [0.25, 0.3) is 11.0 Å². The first-order valence-corrected chi connectivity index (χ1v) is 5.04. The molecule has 0 aliphatic rings. The van der Waals surface area contributed by atoms with Crippen molar-refractivity contribution >= 4 is 16.7 Å². The molecule has 3 N–H and O–H groups in total. The lowest BCUT2D eigenvalue weighted by Crippen LogP contribution is -2.23. The average Bonchev–Trinajstić information content (AvgIpc) is 2.35. The van der Waals surface area contributed by atoms with Gasteiger partial charge in [0, 0.05) is 18.9 Å². The highest BCUT2D eigenvalue weighted by Gasteiger charge is 2.05. The van der Waals surface area contributed by atoms with Gasteiger partial charge in [0.2, 0.25) is 0 Å². The second-order valence-electron chi connectivity index (χ2n) is 3.45. The van der Waals surface area contributed by atoms with Crippen molar-refractivity contribution in [3.05, 3.63) is 30.6 Å². The minimum atomic E-state index is -0.771. The number of aromatic nitrogens is 2. The van der Waals surface area contributed by atoms with Crippen LogP contribution in [0.3, 0.4) is 0 Å². The Bertz CT molecular complexity index is 470. The Hall–Kier alpha value is -1.72. The molecule has 1 heterocycles. The summed E-state index contributed by atoms with van der Waals surface area (Å²) in [6.07, 6.45) is 2.48. The number of nitrogens with one attached hydrogen (secondary N) is 1. The number of rotatable bonds is 4. The van der Waals surface area contributed by atoms with Gasteiger partial charge in [0.15, 0.2) is 0 Å². The third-order valence-corrected chi connectivity index (χ3v) is 2.24. The molecule has 0 amide bonds. The van der Waals surface area contributed by atoms with Crippen LogP contribution in [-0.2, 0) is 0 Å². The van der Waals surface area contributed by atoms with Crippen LogP contribution in [0.5, 0.6) is 0 Å². The maximum atomic E-state index is 9.24. The molecule has 0 fully saturated rings. The van der Waals surface area contributed by atoms with Crippen molar-refractivity contribution in [3.63, 3.8) is 0 Å². The van der Waals surface area contributed by atoms with Crippen molar-refractivity contribution in [3.8, 4) is 0 Å². The second kappa shape index (κ2) is 4.87. The predicted molar refractivity (Wildman–Crippen MR) is 61.1 cm³/mol. The zero-order valence-corrected chi connectivity index (χ0v) is 8.67. The molecule has 1 aromatic carbocycles. The number of para-hydroxylation sites is 1. The van der Waals surface area contributed by atoms with E-state index in [1.165, 1.54) is 0 Å². The number of hydrogen-bond acceptors (Lipinski definition) is 5. The summed E-state index contributed by atoms with van der Waals surface area (Å²) in [6, 6.07) is 5.60. The molecule has 0 aliphatic carbocycles. The fraction of sp³-hybridized carbons (Fsp3) is 0.273. The van der Waals surface area contributed by atoms with Crippen molar-refractivity contribution in [2.24, 2.45) is 0 Å². The van der Waals surface area contributed by atoms with E-state index < -0.39 is 6.10 Å². The molecule has 1 aromatic heterocycles. The lowest BCUT2D eigenvalue weighted by molar-refractivity contribution is 0.105. The SMILES string of the molecule is OCC(O)CNc1cccc2nccnc12. The van der Waals surface area contributed by atoms with Crippen LogP contribution in [0.15, 0.2) is 30.6 Å². The minimum Gasteiger partial charge on any atom is -0.394 e. The van der Waals surface area contributed by atoms with E-state index in [0.29, 0.717) is 0 Å². The summed E-state index contributed by atoms with van der Waals surface area (Å²) in [7, 11) is 0. The van der Waals surface area contributed by atoms with Gasteiger partial charge >= 0.3 is 0 Å². The highest BCUT2D eigenvalue weighted by molar-refractivity contribution is 5.87. The van der Waals surface area contributed by atoms with Gasteiger partial charge in [0.1, 0.15) is 5.52 Å². The van der Waals surface area contributed by atoms with Crippen molar-refractivity contribution in [1.82, 2.24) is 9.97 Å². The largest absolute Gasteiger partial charge is 0.394 e. The monoisotopic (exact) mass is 219 g/mol. The maximum absolute atomic E-state index is 9.24. The van der Waals surface area contributed by atoms with Crippen LogP contribution in [0.4, 0.5) is 5.69 Å². The Labute approximate surface area is 92.8 Å². The molecule has 0 radical (unpaired) electrons. The van der Waals surface area contributed by atoms with Gasteiger partial charge in [-0.1, -0.05) is 6.07 Å². The molecular formula is C11H13N3O2. The Kier molecular flexibility index (Phi) is 3.28. The summed E-state index contributed by atoms with van der Waals surface area (Å²) < 4.78 is 0. The van der Waals surface area contributed by atoms with E-state index in [9.17, 15) is 5.11 Å². The van der Waals surface area contributed by atoms with Crippen LogP contribution in [0, 0.1) is 0 Å². The summed E-state index contributed by atoms with van der Waals surface area (Å²) in [5.74, 6) is 0. The number of aliphatic hydroxyl groups excluding tert-OH is 2.